The lowest BCUT2D eigenvalue weighted by atomic mass is 9.99. The summed E-state index contributed by atoms with van der Waals surface area (Å²) in [5, 5.41) is 3.00. The van der Waals surface area contributed by atoms with E-state index < -0.39 is 0 Å². The van der Waals surface area contributed by atoms with Gasteiger partial charge in [0.1, 0.15) is 0 Å². The molecule has 0 spiro atoms. The fourth-order valence-corrected chi connectivity index (χ4v) is 5.22. The molecule has 4 heteroatoms. The molecule has 194 valence electrons. The quantitative estimate of drug-likeness (QED) is 0.216. The van der Waals surface area contributed by atoms with Gasteiger partial charge < -0.3 is 0 Å². The van der Waals surface area contributed by atoms with E-state index in [0.717, 1.165) is 33.2 Å². The fraction of sp³-hybridized carbons (Fsp3) is 0. The summed E-state index contributed by atoms with van der Waals surface area (Å²) >= 11 is 6.18. The summed E-state index contributed by atoms with van der Waals surface area (Å²) in [6.07, 6.45) is 0. The molecule has 0 saturated heterocycles. The molecular formula is C37H24ClN3. The first kappa shape index (κ1) is 24.9. The molecule has 0 N–H and O–H groups in total. The second kappa shape index (κ2) is 10.8. The Hall–Kier alpha value is -5.12. The van der Waals surface area contributed by atoms with Crippen LogP contribution < -0.4 is 0 Å². The molecule has 7 rings (SSSR count). The monoisotopic (exact) mass is 545 g/mol. The summed E-state index contributed by atoms with van der Waals surface area (Å²) in [5.41, 5.74) is 7.29. The summed E-state index contributed by atoms with van der Waals surface area (Å²) in [4.78, 5) is 14.9. The van der Waals surface area contributed by atoms with E-state index in [1.807, 2.05) is 72.8 Å². The third-order valence-corrected chi connectivity index (χ3v) is 7.45. The van der Waals surface area contributed by atoms with Crippen LogP contribution in [-0.2, 0) is 0 Å². The Morgan fingerprint density at radius 2 is 0.829 bits per heavy atom. The topological polar surface area (TPSA) is 38.7 Å². The van der Waals surface area contributed by atoms with Crippen molar-refractivity contribution in [2.45, 2.75) is 0 Å². The number of halogens is 1. The summed E-state index contributed by atoms with van der Waals surface area (Å²) in [6, 6.07) is 49.5. The molecule has 0 aliphatic rings. The molecule has 0 fully saturated rings. The molecule has 6 aromatic carbocycles. The lowest BCUT2D eigenvalue weighted by Gasteiger charge is -2.12. The molecule has 0 bridgehead atoms. The van der Waals surface area contributed by atoms with Crippen molar-refractivity contribution in [2.24, 2.45) is 0 Å². The Balaban J connectivity index is 1.37. The molecule has 0 saturated carbocycles. The molecule has 1 aromatic heterocycles. The normalized spacial score (nSPS) is 11.0. The molecule has 0 atom stereocenters. The Morgan fingerprint density at radius 3 is 1.51 bits per heavy atom. The third-order valence-electron chi connectivity index (χ3n) is 7.20. The van der Waals surface area contributed by atoms with Crippen LogP contribution in [0.1, 0.15) is 0 Å². The van der Waals surface area contributed by atoms with Gasteiger partial charge in [-0.05, 0) is 57.3 Å². The van der Waals surface area contributed by atoms with Gasteiger partial charge in [0.25, 0.3) is 0 Å². The van der Waals surface area contributed by atoms with Gasteiger partial charge >= 0.3 is 0 Å². The van der Waals surface area contributed by atoms with Gasteiger partial charge in [-0.3, -0.25) is 0 Å². The molecule has 0 amide bonds. The van der Waals surface area contributed by atoms with Gasteiger partial charge in [0.05, 0.1) is 0 Å². The standard InChI is InChI=1S/C37H24ClN3/c38-32-21-19-26(20-22-32)33-13-7-8-14-34(33)37-40-35(27-11-5-2-6-12-27)39-36(41-37)31-18-17-29-23-28(15-16-30(29)24-31)25-9-3-1-4-10-25/h1-24H. The lowest BCUT2D eigenvalue weighted by Crippen LogP contribution is -2.01. The highest BCUT2D eigenvalue weighted by Crippen LogP contribution is 2.34. The van der Waals surface area contributed by atoms with Crippen LogP contribution in [0.4, 0.5) is 0 Å². The van der Waals surface area contributed by atoms with E-state index in [1.54, 1.807) is 0 Å². The first-order chi connectivity index (χ1) is 20.2. The number of benzene rings is 6. The maximum atomic E-state index is 6.18. The van der Waals surface area contributed by atoms with E-state index in [2.05, 4.69) is 72.8 Å². The average Bonchev–Trinajstić information content (AvgIpc) is 3.05. The minimum atomic E-state index is 0.624. The number of hydrogen-bond donors (Lipinski definition) is 0. The van der Waals surface area contributed by atoms with Gasteiger partial charge in [-0.25, -0.2) is 15.0 Å². The predicted octanol–water partition coefficient (Wildman–Crippen LogP) is 10.0. The summed E-state index contributed by atoms with van der Waals surface area (Å²) in [5.74, 6) is 1.89. The molecule has 7 aromatic rings. The van der Waals surface area contributed by atoms with Crippen molar-refractivity contribution in [3.63, 3.8) is 0 Å². The van der Waals surface area contributed by atoms with Crippen molar-refractivity contribution in [2.75, 3.05) is 0 Å². The third kappa shape index (κ3) is 5.11. The van der Waals surface area contributed by atoms with Crippen LogP contribution in [0.2, 0.25) is 5.02 Å². The Bertz CT molecular complexity index is 1990. The van der Waals surface area contributed by atoms with Gasteiger partial charge in [-0.2, -0.15) is 0 Å². The zero-order chi connectivity index (χ0) is 27.6. The van der Waals surface area contributed by atoms with Crippen LogP contribution in [0, 0.1) is 0 Å². The molecule has 0 aliphatic carbocycles. The van der Waals surface area contributed by atoms with E-state index in [-0.39, 0.29) is 0 Å². The minimum Gasteiger partial charge on any atom is -0.208 e. The van der Waals surface area contributed by atoms with Crippen LogP contribution in [0.15, 0.2) is 146 Å². The van der Waals surface area contributed by atoms with Crippen LogP contribution >= 0.6 is 11.6 Å². The van der Waals surface area contributed by atoms with Crippen molar-refractivity contribution in [1.82, 2.24) is 15.0 Å². The first-order valence-corrected chi connectivity index (χ1v) is 13.9. The van der Waals surface area contributed by atoms with Gasteiger partial charge in [0, 0.05) is 21.7 Å². The number of aromatic nitrogens is 3. The fourth-order valence-electron chi connectivity index (χ4n) is 5.10. The van der Waals surface area contributed by atoms with Crippen molar-refractivity contribution in [3.05, 3.63) is 151 Å². The van der Waals surface area contributed by atoms with Crippen LogP contribution in [0.5, 0.6) is 0 Å². The Morgan fingerprint density at radius 1 is 0.341 bits per heavy atom. The Labute approximate surface area is 243 Å². The maximum Gasteiger partial charge on any atom is 0.164 e. The molecule has 0 unspecified atom stereocenters. The summed E-state index contributed by atoms with van der Waals surface area (Å²) < 4.78 is 0. The second-order valence-corrected chi connectivity index (χ2v) is 10.3. The smallest absolute Gasteiger partial charge is 0.164 e. The van der Waals surface area contributed by atoms with E-state index in [9.17, 15) is 0 Å². The molecule has 3 nitrogen and oxygen atoms in total. The highest BCUT2D eigenvalue weighted by molar-refractivity contribution is 6.30. The van der Waals surface area contributed by atoms with Crippen LogP contribution in [0.3, 0.4) is 0 Å². The van der Waals surface area contributed by atoms with Crippen molar-refractivity contribution in [1.29, 1.82) is 0 Å². The SMILES string of the molecule is Clc1ccc(-c2ccccc2-c2nc(-c3ccccc3)nc(-c3ccc4cc(-c5ccccc5)ccc4c3)n2)cc1. The Kier molecular flexibility index (Phi) is 6.56. The minimum absolute atomic E-state index is 0.624. The zero-order valence-corrected chi connectivity index (χ0v) is 22.8. The van der Waals surface area contributed by atoms with Crippen LogP contribution in [-0.4, -0.2) is 15.0 Å². The molecule has 1 heterocycles. The second-order valence-electron chi connectivity index (χ2n) is 9.87. The van der Waals surface area contributed by atoms with Gasteiger partial charge in [-0.15, -0.1) is 0 Å². The van der Waals surface area contributed by atoms with Gasteiger partial charge in [-0.1, -0.05) is 133 Å². The number of nitrogens with zero attached hydrogens (tertiary/aromatic N) is 3. The predicted molar refractivity (Wildman–Crippen MR) is 170 cm³/mol. The zero-order valence-electron chi connectivity index (χ0n) is 22.1. The highest BCUT2D eigenvalue weighted by Gasteiger charge is 2.16. The van der Waals surface area contributed by atoms with Crippen molar-refractivity contribution >= 4 is 22.4 Å². The average molecular weight is 546 g/mol. The number of hydrogen-bond acceptors (Lipinski definition) is 3. The summed E-state index contributed by atoms with van der Waals surface area (Å²) in [6.45, 7) is 0. The molecule has 0 radical (unpaired) electrons. The van der Waals surface area contributed by atoms with Crippen molar-refractivity contribution in [3.8, 4) is 56.4 Å². The van der Waals surface area contributed by atoms with E-state index in [4.69, 9.17) is 26.6 Å². The largest absolute Gasteiger partial charge is 0.208 e. The highest BCUT2D eigenvalue weighted by atomic mass is 35.5. The van der Waals surface area contributed by atoms with Crippen molar-refractivity contribution < 1.29 is 0 Å². The van der Waals surface area contributed by atoms with Gasteiger partial charge in [0.15, 0.2) is 17.5 Å². The number of rotatable bonds is 5. The lowest BCUT2D eigenvalue weighted by molar-refractivity contribution is 1.07. The maximum absolute atomic E-state index is 6.18. The molecule has 0 aliphatic heterocycles. The van der Waals surface area contributed by atoms with E-state index in [0.29, 0.717) is 22.5 Å². The first-order valence-electron chi connectivity index (χ1n) is 13.5. The summed E-state index contributed by atoms with van der Waals surface area (Å²) in [7, 11) is 0. The molecular weight excluding hydrogens is 522 g/mol. The molecule has 41 heavy (non-hydrogen) atoms. The van der Waals surface area contributed by atoms with E-state index >= 15 is 0 Å². The number of fused-ring (bicyclic) bond motifs is 1. The van der Waals surface area contributed by atoms with Crippen LogP contribution in [0.25, 0.3) is 67.2 Å². The van der Waals surface area contributed by atoms with Gasteiger partial charge in [0.2, 0.25) is 0 Å². The van der Waals surface area contributed by atoms with E-state index in [1.165, 1.54) is 16.5 Å².